The second-order valence-corrected chi connectivity index (χ2v) is 5.36. The molecule has 1 nitrogen and oxygen atoms in total. The number of halogens is 1. The van der Waals surface area contributed by atoms with Crippen LogP contribution in [0.25, 0.3) is 0 Å². The zero-order chi connectivity index (χ0) is 10.6. The fourth-order valence-electron chi connectivity index (χ4n) is 3.36. The summed E-state index contributed by atoms with van der Waals surface area (Å²) in [4.78, 5) is 0. The van der Waals surface area contributed by atoms with Crippen molar-refractivity contribution < 1.29 is 3.44 Å². The summed E-state index contributed by atoms with van der Waals surface area (Å²) in [5, 5.41) is 0. The van der Waals surface area contributed by atoms with Gasteiger partial charge in [-0.1, -0.05) is 26.7 Å². The van der Waals surface area contributed by atoms with Crippen LogP contribution in [0.15, 0.2) is 0 Å². The topological polar surface area (TPSA) is 20.2 Å². The van der Waals surface area contributed by atoms with E-state index >= 15 is 0 Å². The Kier molecular flexibility index (Phi) is 5.75. The van der Waals surface area contributed by atoms with Crippen LogP contribution in [-0.4, -0.2) is 3.44 Å². The zero-order valence-corrected chi connectivity index (χ0v) is 11.5. The summed E-state index contributed by atoms with van der Waals surface area (Å²) in [5.41, 5.74) is 0. The molecule has 0 spiro atoms. The molecule has 0 aliphatic heterocycles. The van der Waals surface area contributed by atoms with Gasteiger partial charge in [0.25, 0.3) is 0 Å². The molecule has 0 aromatic heterocycles. The molecule has 2 fully saturated rings. The summed E-state index contributed by atoms with van der Waals surface area (Å²) in [5.74, 6) is 4.29. The highest BCUT2D eigenvalue weighted by atomic mass is 127. The highest BCUT2D eigenvalue weighted by molar-refractivity contribution is 14.1. The maximum absolute atomic E-state index is 6.97. The van der Waals surface area contributed by atoms with E-state index in [4.69, 9.17) is 3.44 Å². The Labute approximate surface area is 102 Å². The number of hydrogen-bond acceptors (Lipinski definition) is 1. The van der Waals surface area contributed by atoms with Crippen molar-refractivity contribution >= 4 is 23.0 Å². The first-order valence-corrected chi connectivity index (χ1v) is 6.89. The van der Waals surface area contributed by atoms with Crippen LogP contribution in [-0.2, 0) is 0 Å². The van der Waals surface area contributed by atoms with Gasteiger partial charge in [-0.3, -0.25) is 0 Å². The van der Waals surface area contributed by atoms with Gasteiger partial charge in [0, 0.05) is 0 Å². The van der Waals surface area contributed by atoms with Gasteiger partial charge in [0.15, 0.2) is 0 Å². The van der Waals surface area contributed by atoms with Gasteiger partial charge in [-0.15, -0.1) is 0 Å². The standard InChI is InChI=1S/C12H22.HIO/c1-9-3-5-12-8-10(2)4-6-11(12)7-9;1-2/h9-12H,3-8H2,1-2H3;2H. The molecule has 1 N–H and O–H groups in total. The van der Waals surface area contributed by atoms with E-state index in [0.29, 0.717) is 0 Å². The van der Waals surface area contributed by atoms with Crippen LogP contribution in [0.4, 0.5) is 0 Å². The summed E-state index contributed by atoms with van der Waals surface area (Å²) in [6.07, 6.45) is 9.17. The second kappa shape index (κ2) is 6.31. The minimum Gasteiger partial charge on any atom is -0.331 e. The summed E-state index contributed by atoms with van der Waals surface area (Å²) in [6, 6.07) is 0. The van der Waals surface area contributed by atoms with Crippen molar-refractivity contribution in [1.29, 1.82) is 0 Å². The summed E-state index contributed by atoms with van der Waals surface area (Å²) >= 11 is 1.15. The van der Waals surface area contributed by atoms with Crippen LogP contribution in [0.2, 0.25) is 0 Å². The predicted octanol–water partition coefficient (Wildman–Crippen LogP) is 4.19. The van der Waals surface area contributed by atoms with E-state index in [-0.39, 0.29) is 0 Å². The van der Waals surface area contributed by atoms with E-state index in [1.165, 1.54) is 38.5 Å². The molecule has 4 unspecified atom stereocenters. The van der Waals surface area contributed by atoms with Gasteiger partial charge in [-0.25, -0.2) is 0 Å². The Balaban J connectivity index is 0.000000461. The minimum atomic E-state index is 1.03. The number of rotatable bonds is 0. The molecular weight excluding hydrogens is 287 g/mol. The monoisotopic (exact) mass is 310 g/mol. The van der Waals surface area contributed by atoms with Crippen LogP contribution in [0.3, 0.4) is 0 Å². The molecule has 0 aromatic carbocycles. The SMILES string of the molecule is CC1CCC2CC(C)CCC2C1.OI. The molecule has 0 radical (unpaired) electrons. The first kappa shape index (κ1) is 12.8. The quantitative estimate of drug-likeness (QED) is 0.665. The molecule has 2 aliphatic carbocycles. The molecule has 4 atom stereocenters. The van der Waals surface area contributed by atoms with Crippen LogP contribution in [0, 0.1) is 23.7 Å². The van der Waals surface area contributed by atoms with Gasteiger partial charge in [-0.05, 0) is 49.4 Å². The molecule has 0 amide bonds. The largest absolute Gasteiger partial charge is 0.331 e. The maximum Gasteiger partial charge on any atom is 0.106 e. The Morgan fingerprint density at radius 3 is 1.50 bits per heavy atom. The van der Waals surface area contributed by atoms with Crippen LogP contribution < -0.4 is 0 Å². The number of hydrogen-bond donors (Lipinski definition) is 1. The van der Waals surface area contributed by atoms with E-state index in [9.17, 15) is 0 Å². The Bertz CT molecular complexity index is 142. The third-order valence-electron chi connectivity index (χ3n) is 4.14. The highest BCUT2D eigenvalue weighted by Crippen LogP contribution is 2.44. The lowest BCUT2D eigenvalue weighted by molar-refractivity contribution is 0.109. The third kappa shape index (κ3) is 3.37. The minimum absolute atomic E-state index is 1.03. The Morgan fingerprint density at radius 2 is 1.14 bits per heavy atom. The van der Waals surface area contributed by atoms with Crippen LogP contribution in [0.5, 0.6) is 0 Å². The summed E-state index contributed by atoms with van der Waals surface area (Å²) in [7, 11) is 0. The van der Waals surface area contributed by atoms with Crippen molar-refractivity contribution in [2.75, 3.05) is 0 Å². The number of fused-ring (bicyclic) bond motifs is 1. The first-order valence-electron chi connectivity index (χ1n) is 5.92. The average molecular weight is 310 g/mol. The molecule has 2 aliphatic rings. The average Bonchev–Trinajstić information content (AvgIpc) is 2.21. The maximum atomic E-state index is 6.97. The highest BCUT2D eigenvalue weighted by Gasteiger charge is 2.32. The molecule has 0 aromatic rings. The molecule has 2 heteroatoms. The lowest BCUT2D eigenvalue weighted by Gasteiger charge is -2.40. The first-order chi connectivity index (χ1) is 6.75. The molecule has 0 heterocycles. The van der Waals surface area contributed by atoms with E-state index in [1.807, 2.05) is 0 Å². The van der Waals surface area contributed by atoms with Gasteiger partial charge >= 0.3 is 0 Å². The van der Waals surface area contributed by atoms with E-state index in [2.05, 4.69) is 13.8 Å². The van der Waals surface area contributed by atoms with Crippen molar-refractivity contribution in [2.45, 2.75) is 52.4 Å². The van der Waals surface area contributed by atoms with Crippen LogP contribution >= 0.6 is 23.0 Å². The van der Waals surface area contributed by atoms with Crippen molar-refractivity contribution in [1.82, 2.24) is 0 Å². The zero-order valence-electron chi connectivity index (χ0n) is 9.38. The molecule has 2 saturated carbocycles. The van der Waals surface area contributed by atoms with Crippen LogP contribution in [0.1, 0.15) is 52.4 Å². The second-order valence-electron chi connectivity index (χ2n) is 5.36. The summed E-state index contributed by atoms with van der Waals surface area (Å²) in [6.45, 7) is 4.88. The summed E-state index contributed by atoms with van der Waals surface area (Å²) < 4.78 is 6.97. The van der Waals surface area contributed by atoms with Gasteiger partial charge in [0.2, 0.25) is 0 Å². The normalized spacial score (nSPS) is 42.0. The van der Waals surface area contributed by atoms with Gasteiger partial charge in [-0.2, -0.15) is 0 Å². The Hall–Kier alpha value is 0.690. The van der Waals surface area contributed by atoms with Crippen molar-refractivity contribution in [3.8, 4) is 0 Å². The molecule has 0 bridgehead atoms. The lowest BCUT2D eigenvalue weighted by Crippen LogP contribution is -2.29. The van der Waals surface area contributed by atoms with Gasteiger partial charge in [0.05, 0.1) is 0 Å². The van der Waals surface area contributed by atoms with Gasteiger partial charge in [0.1, 0.15) is 23.0 Å². The van der Waals surface area contributed by atoms with Crippen molar-refractivity contribution in [2.24, 2.45) is 23.7 Å². The Morgan fingerprint density at radius 1 is 0.786 bits per heavy atom. The van der Waals surface area contributed by atoms with Crippen molar-refractivity contribution in [3.63, 3.8) is 0 Å². The van der Waals surface area contributed by atoms with Crippen molar-refractivity contribution in [3.05, 3.63) is 0 Å². The van der Waals surface area contributed by atoms with E-state index in [0.717, 1.165) is 46.7 Å². The molecular formula is C12H23IO. The predicted molar refractivity (Wildman–Crippen MR) is 69.2 cm³/mol. The fourth-order valence-corrected chi connectivity index (χ4v) is 3.36. The van der Waals surface area contributed by atoms with E-state index < -0.39 is 0 Å². The van der Waals surface area contributed by atoms with Gasteiger partial charge < -0.3 is 3.44 Å². The molecule has 14 heavy (non-hydrogen) atoms. The smallest absolute Gasteiger partial charge is 0.106 e. The molecule has 0 saturated heterocycles. The fraction of sp³-hybridized carbons (Fsp3) is 1.00. The van der Waals surface area contributed by atoms with E-state index in [1.54, 1.807) is 0 Å². The molecule has 84 valence electrons. The molecule has 2 rings (SSSR count). The third-order valence-corrected chi connectivity index (χ3v) is 4.14. The lowest BCUT2D eigenvalue weighted by atomic mass is 9.65.